The number of alkyl halides is 3. The summed E-state index contributed by atoms with van der Waals surface area (Å²) in [6.07, 6.45) is -1.73. The molecule has 1 aromatic heterocycles. The van der Waals surface area contributed by atoms with E-state index in [1.807, 2.05) is 6.07 Å². The highest BCUT2D eigenvalue weighted by atomic mass is 19.4. The first-order valence-corrected chi connectivity index (χ1v) is 12.8. The predicted molar refractivity (Wildman–Crippen MR) is 141 cm³/mol. The number of fused-ring (bicyclic) bond motifs is 1. The van der Waals surface area contributed by atoms with E-state index in [1.54, 1.807) is 12.1 Å². The van der Waals surface area contributed by atoms with Crippen molar-refractivity contribution in [2.75, 3.05) is 19.0 Å². The molecule has 0 saturated heterocycles. The lowest BCUT2D eigenvalue weighted by molar-refractivity contribution is -0.274. The number of methoxy groups -OCH3 is 1. The normalized spacial score (nSPS) is 18.9. The van der Waals surface area contributed by atoms with Crippen molar-refractivity contribution >= 4 is 34.5 Å². The molecule has 1 fully saturated rings. The van der Waals surface area contributed by atoms with E-state index >= 15 is 0 Å². The van der Waals surface area contributed by atoms with Crippen LogP contribution in [0.1, 0.15) is 62.9 Å². The van der Waals surface area contributed by atoms with Crippen molar-refractivity contribution in [3.05, 3.63) is 48.0 Å². The van der Waals surface area contributed by atoms with Gasteiger partial charge in [-0.25, -0.2) is 4.98 Å². The van der Waals surface area contributed by atoms with Crippen LogP contribution in [0.2, 0.25) is 0 Å². The summed E-state index contributed by atoms with van der Waals surface area (Å²) in [4.78, 5) is 28.8. The van der Waals surface area contributed by atoms with Crippen LogP contribution in [0.15, 0.2) is 42.5 Å². The maximum Gasteiger partial charge on any atom is 0.573 e. The molecular weight excluding hydrogens is 513 g/mol. The molecule has 1 heterocycles. The van der Waals surface area contributed by atoms with E-state index in [0.29, 0.717) is 28.6 Å². The molecule has 0 unspecified atom stereocenters. The minimum absolute atomic E-state index is 0.0651. The number of carbonyl (C=O) groups excluding carboxylic acids is 2. The second-order valence-corrected chi connectivity index (χ2v) is 10.9. The fourth-order valence-corrected chi connectivity index (χ4v) is 5.54. The molecule has 39 heavy (non-hydrogen) atoms. The summed E-state index contributed by atoms with van der Waals surface area (Å²) >= 11 is 0. The van der Waals surface area contributed by atoms with Crippen LogP contribution in [-0.4, -0.2) is 41.4 Å². The highest BCUT2D eigenvalue weighted by molar-refractivity contribution is 5.98. The molecule has 0 radical (unpaired) electrons. The first-order chi connectivity index (χ1) is 18.3. The Kier molecular flexibility index (Phi) is 8.08. The third-order valence-corrected chi connectivity index (χ3v) is 6.87. The Morgan fingerprint density at radius 2 is 1.85 bits per heavy atom. The molecule has 1 amide bonds. The zero-order valence-electron chi connectivity index (χ0n) is 22.4. The number of benzene rings is 2. The second-order valence-electron chi connectivity index (χ2n) is 10.9. The van der Waals surface area contributed by atoms with Gasteiger partial charge in [0.05, 0.1) is 24.6 Å². The topological polar surface area (TPSA) is 94.5 Å². The van der Waals surface area contributed by atoms with Crippen LogP contribution >= 0.6 is 0 Å². The Hall–Kier alpha value is -3.76. The van der Waals surface area contributed by atoms with Crippen molar-refractivity contribution in [2.24, 2.45) is 11.3 Å². The minimum Gasteiger partial charge on any atom is -0.469 e. The van der Waals surface area contributed by atoms with Crippen LogP contribution in [0.25, 0.3) is 11.0 Å². The molecule has 2 N–H and O–H groups in total. The maximum absolute atomic E-state index is 12.7. The van der Waals surface area contributed by atoms with Gasteiger partial charge in [0.25, 0.3) is 5.91 Å². The summed E-state index contributed by atoms with van der Waals surface area (Å²) in [6.45, 7) is 6.88. The minimum atomic E-state index is -4.77. The Bertz CT molecular complexity index is 1340. The number of halogens is 3. The van der Waals surface area contributed by atoms with Crippen LogP contribution in [0.5, 0.6) is 5.75 Å². The lowest BCUT2D eigenvalue weighted by atomic mass is 9.70. The number of nitrogens with one attached hydrogen (secondary N) is 2. The Labute approximate surface area is 224 Å². The zero-order valence-corrected chi connectivity index (χ0v) is 22.4. The van der Waals surface area contributed by atoms with Gasteiger partial charge in [0.1, 0.15) is 5.75 Å². The second kappa shape index (κ2) is 11.2. The maximum atomic E-state index is 12.7. The molecule has 2 atom stereocenters. The lowest BCUT2D eigenvalue weighted by Crippen LogP contribution is -2.29. The highest BCUT2D eigenvalue weighted by Gasteiger charge is 2.35. The van der Waals surface area contributed by atoms with Crippen molar-refractivity contribution < 1.29 is 32.2 Å². The molecule has 0 spiro atoms. The van der Waals surface area contributed by atoms with Gasteiger partial charge in [0, 0.05) is 23.8 Å². The average Bonchev–Trinajstić information content (AvgIpc) is 3.19. The Balaban J connectivity index is 1.66. The number of esters is 1. The van der Waals surface area contributed by atoms with Crippen LogP contribution in [-0.2, 0) is 9.53 Å². The Morgan fingerprint density at radius 3 is 2.49 bits per heavy atom. The van der Waals surface area contributed by atoms with Gasteiger partial charge in [-0.15, -0.1) is 13.2 Å². The number of hydrogen-bond acceptors (Lipinski definition) is 6. The fraction of sp³-hybridized carbons (Fsp3) is 0.464. The predicted octanol–water partition coefficient (Wildman–Crippen LogP) is 6.36. The van der Waals surface area contributed by atoms with Gasteiger partial charge in [-0.1, -0.05) is 20.8 Å². The number of hydrogen-bond donors (Lipinski definition) is 2. The van der Waals surface area contributed by atoms with E-state index in [9.17, 15) is 22.8 Å². The molecule has 210 valence electrons. The number of carbonyl (C=O) groups is 2. The van der Waals surface area contributed by atoms with E-state index in [1.165, 1.54) is 31.4 Å². The standard InChI is InChI=1S/C28H33F3N4O4/c1-17-13-20(16-27(2,3)15-17)35-23-10-5-18(25(37)32-12-11-24(36)38-4)14-22(23)34-26(35)33-19-6-8-21(9-7-19)39-28(29,30)31/h5-10,14,17,20H,11-13,15-16H2,1-4H3,(H,32,37)(H,33,34)/t17-,20+/m0/s1. The van der Waals surface area contributed by atoms with E-state index in [0.717, 1.165) is 24.8 Å². The van der Waals surface area contributed by atoms with Crippen molar-refractivity contribution in [3.8, 4) is 5.75 Å². The molecule has 1 aliphatic carbocycles. The quantitative estimate of drug-likeness (QED) is 0.320. The molecule has 1 saturated carbocycles. The third-order valence-electron chi connectivity index (χ3n) is 6.87. The molecule has 3 aromatic rings. The van der Waals surface area contributed by atoms with Crippen LogP contribution < -0.4 is 15.4 Å². The van der Waals surface area contributed by atoms with Gasteiger partial charge >= 0.3 is 12.3 Å². The van der Waals surface area contributed by atoms with Gasteiger partial charge in [-0.3, -0.25) is 9.59 Å². The van der Waals surface area contributed by atoms with Gasteiger partial charge in [0.15, 0.2) is 0 Å². The van der Waals surface area contributed by atoms with E-state index in [2.05, 4.69) is 45.4 Å². The molecule has 11 heteroatoms. The monoisotopic (exact) mass is 546 g/mol. The first kappa shape index (κ1) is 28.3. The van der Waals surface area contributed by atoms with Crippen molar-refractivity contribution in [3.63, 3.8) is 0 Å². The number of rotatable bonds is 8. The summed E-state index contributed by atoms with van der Waals surface area (Å²) < 4.78 is 48.4. The average molecular weight is 547 g/mol. The Morgan fingerprint density at radius 1 is 1.13 bits per heavy atom. The number of ether oxygens (including phenoxy) is 2. The summed E-state index contributed by atoms with van der Waals surface area (Å²) in [6, 6.07) is 10.9. The number of nitrogens with zero attached hydrogens (tertiary/aromatic N) is 2. The molecular formula is C28H33F3N4O4. The molecule has 1 aliphatic rings. The smallest absolute Gasteiger partial charge is 0.469 e. The van der Waals surface area contributed by atoms with Crippen molar-refractivity contribution in [1.29, 1.82) is 0 Å². The fourth-order valence-electron chi connectivity index (χ4n) is 5.54. The first-order valence-electron chi connectivity index (χ1n) is 12.8. The van der Waals surface area contributed by atoms with Gasteiger partial charge < -0.3 is 24.7 Å². The summed E-state index contributed by atoms with van der Waals surface area (Å²) in [5.41, 5.74) is 2.51. The number of imidazole rings is 1. The number of anilines is 2. The number of amides is 1. The SMILES string of the molecule is COC(=O)CCNC(=O)c1ccc2c(c1)nc(Nc1ccc(OC(F)(F)F)cc1)n2[C@@H]1C[C@H](C)CC(C)(C)C1. The van der Waals surface area contributed by atoms with Crippen LogP contribution in [0.3, 0.4) is 0 Å². The van der Waals surface area contributed by atoms with E-state index in [4.69, 9.17) is 4.98 Å². The lowest BCUT2D eigenvalue weighted by Gasteiger charge is -2.40. The van der Waals surface area contributed by atoms with Crippen molar-refractivity contribution in [2.45, 2.75) is 58.9 Å². The molecule has 8 nitrogen and oxygen atoms in total. The molecule has 0 bridgehead atoms. The van der Waals surface area contributed by atoms with Gasteiger partial charge in [-0.2, -0.15) is 0 Å². The zero-order chi connectivity index (χ0) is 28.4. The van der Waals surface area contributed by atoms with Crippen molar-refractivity contribution in [1.82, 2.24) is 14.9 Å². The number of aromatic nitrogens is 2. The highest BCUT2D eigenvalue weighted by Crippen LogP contribution is 2.46. The summed E-state index contributed by atoms with van der Waals surface area (Å²) in [5, 5.41) is 5.97. The van der Waals surface area contributed by atoms with E-state index in [-0.39, 0.29) is 36.1 Å². The molecule has 4 rings (SSSR count). The third kappa shape index (κ3) is 7.21. The molecule has 0 aliphatic heterocycles. The molecule has 2 aromatic carbocycles. The van der Waals surface area contributed by atoms with Gasteiger partial charge in [-0.05, 0) is 73.1 Å². The summed E-state index contributed by atoms with van der Waals surface area (Å²) in [7, 11) is 1.29. The van der Waals surface area contributed by atoms with Crippen LogP contribution in [0, 0.1) is 11.3 Å². The van der Waals surface area contributed by atoms with Crippen LogP contribution in [0.4, 0.5) is 24.8 Å². The summed E-state index contributed by atoms with van der Waals surface area (Å²) in [5.74, 6) is -0.0389. The van der Waals surface area contributed by atoms with E-state index < -0.39 is 12.3 Å². The largest absolute Gasteiger partial charge is 0.573 e. The van der Waals surface area contributed by atoms with Gasteiger partial charge in [0.2, 0.25) is 5.95 Å².